The summed E-state index contributed by atoms with van der Waals surface area (Å²) >= 11 is 0. The Morgan fingerprint density at radius 1 is 1.38 bits per heavy atom. The Kier molecular flexibility index (Phi) is 5.31. The second-order valence-electron chi connectivity index (χ2n) is 6.32. The highest BCUT2D eigenvalue weighted by atomic mass is 32.2. The minimum atomic E-state index is -3.59. The largest absolute Gasteiger partial charge is 0.323 e. The lowest BCUT2D eigenvalue weighted by atomic mass is 9.76. The Morgan fingerprint density at radius 3 is 2.38 bits per heavy atom. The van der Waals surface area contributed by atoms with Crippen LogP contribution < -0.4 is 4.72 Å². The molecule has 0 radical (unpaired) electrons. The van der Waals surface area contributed by atoms with Crippen LogP contribution in [0.2, 0.25) is 0 Å². The third-order valence-electron chi connectivity index (χ3n) is 4.72. The van der Waals surface area contributed by atoms with Crippen LogP contribution in [0.5, 0.6) is 0 Å². The van der Waals surface area contributed by atoms with E-state index in [9.17, 15) is 18.5 Å². The third-order valence-corrected chi connectivity index (χ3v) is 6.32. The van der Waals surface area contributed by atoms with E-state index in [1.54, 1.807) is 14.0 Å². The van der Waals surface area contributed by atoms with Crippen molar-refractivity contribution in [3.8, 4) is 6.07 Å². The molecular formula is C17H23N3O3S. The number of carbonyl (C=O) groups is 1. The molecule has 1 aromatic rings. The van der Waals surface area contributed by atoms with Crippen LogP contribution in [-0.2, 0) is 10.0 Å². The Balaban J connectivity index is 2.17. The van der Waals surface area contributed by atoms with Gasteiger partial charge in [0.1, 0.15) is 5.54 Å². The number of nitriles is 1. The van der Waals surface area contributed by atoms with Crippen LogP contribution in [0.3, 0.4) is 0 Å². The van der Waals surface area contributed by atoms with Gasteiger partial charge >= 0.3 is 0 Å². The van der Waals surface area contributed by atoms with E-state index in [-0.39, 0.29) is 16.8 Å². The predicted octanol–water partition coefficient (Wildman–Crippen LogP) is 2.28. The number of rotatable bonds is 6. The van der Waals surface area contributed by atoms with Crippen molar-refractivity contribution in [3.05, 3.63) is 29.8 Å². The second-order valence-corrected chi connectivity index (χ2v) is 8.03. The smallest absolute Gasteiger partial charge is 0.254 e. The number of nitrogens with one attached hydrogen (secondary N) is 1. The molecule has 0 spiro atoms. The Bertz CT molecular complexity index is 746. The average Bonchev–Trinajstić information content (AvgIpc) is 2.53. The Hall–Kier alpha value is -1.91. The monoisotopic (exact) mass is 349 g/mol. The molecule has 7 heteroatoms. The van der Waals surface area contributed by atoms with Crippen molar-refractivity contribution >= 4 is 15.9 Å². The van der Waals surface area contributed by atoms with Crippen molar-refractivity contribution in [1.82, 2.24) is 9.62 Å². The zero-order valence-electron chi connectivity index (χ0n) is 14.2. The van der Waals surface area contributed by atoms with E-state index in [1.807, 2.05) is 6.92 Å². The molecule has 1 N–H and O–H groups in total. The van der Waals surface area contributed by atoms with Gasteiger partial charge in [-0.2, -0.15) is 5.26 Å². The molecule has 1 amide bonds. The first-order chi connectivity index (χ1) is 11.3. The molecule has 130 valence electrons. The molecule has 0 unspecified atom stereocenters. The van der Waals surface area contributed by atoms with Crippen molar-refractivity contribution in [2.75, 3.05) is 7.05 Å². The average molecular weight is 349 g/mol. The highest BCUT2D eigenvalue weighted by Gasteiger charge is 2.43. The minimum Gasteiger partial charge on any atom is -0.323 e. The van der Waals surface area contributed by atoms with Crippen LogP contribution >= 0.6 is 0 Å². The van der Waals surface area contributed by atoms with E-state index in [2.05, 4.69) is 10.8 Å². The van der Waals surface area contributed by atoms with E-state index < -0.39 is 15.6 Å². The van der Waals surface area contributed by atoms with Gasteiger partial charge < -0.3 is 4.90 Å². The van der Waals surface area contributed by atoms with Gasteiger partial charge in [0.2, 0.25) is 10.0 Å². The highest BCUT2D eigenvalue weighted by molar-refractivity contribution is 7.89. The quantitative estimate of drug-likeness (QED) is 0.853. The number of hydrogen-bond donors (Lipinski definition) is 1. The molecule has 2 rings (SSSR count). The van der Waals surface area contributed by atoms with Gasteiger partial charge in [-0.15, -0.1) is 0 Å². The van der Waals surface area contributed by atoms with Crippen molar-refractivity contribution < 1.29 is 13.2 Å². The maximum absolute atomic E-state index is 12.5. The summed E-state index contributed by atoms with van der Waals surface area (Å²) < 4.78 is 27.0. The second kappa shape index (κ2) is 6.91. The van der Waals surface area contributed by atoms with E-state index in [4.69, 9.17) is 0 Å². The van der Waals surface area contributed by atoms with Gasteiger partial charge in [-0.1, -0.05) is 6.92 Å². The van der Waals surface area contributed by atoms with Gasteiger partial charge in [-0.3, -0.25) is 4.79 Å². The summed E-state index contributed by atoms with van der Waals surface area (Å²) in [6.07, 6.45) is 2.98. The van der Waals surface area contributed by atoms with Gasteiger partial charge in [0.15, 0.2) is 0 Å². The minimum absolute atomic E-state index is 0.126. The Morgan fingerprint density at radius 2 is 1.96 bits per heavy atom. The van der Waals surface area contributed by atoms with Crippen molar-refractivity contribution in [2.45, 2.75) is 56.0 Å². The molecule has 1 aliphatic rings. The fourth-order valence-electron chi connectivity index (χ4n) is 2.61. The first kappa shape index (κ1) is 18.4. The zero-order chi connectivity index (χ0) is 18.0. The molecule has 1 aromatic carbocycles. The van der Waals surface area contributed by atoms with E-state index in [0.717, 1.165) is 6.42 Å². The van der Waals surface area contributed by atoms with E-state index in [1.165, 1.54) is 29.2 Å². The topological polar surface area (TPSA) is 90.3 Å². The lowest BCUT2D eigenvalue weighted by Crippen LogP contribution is -2.53. The molecule has 1 aliphatic carbocycles. The van der Waals surface area contributed by atoms with Crippen molar-refractivity contribution in [1.29, 1.82) is 5.26 Å². The van der Waals surface area contributed by atoms with E-state index >= 15 is 0 Å². The fraction of sp³-hybridized carbons (Fsp3) is 0.529. The number of nitrogens with zero attached hydrogens (tertiary/aromatic N) is 2. The molecular weight excluding hydrogens is 326 g/mol. The first-order valence-corrected chi connectivity index (χ1v) is 9.56. The molecule has 0 saturated heterocycles. The van der Waals surface area contributed by atoms with Gasteiger partial charge in [0.05, 0.1) is 11.0 Å². The van der Waals surface area contributed by atoms with Crippen LogP contribution in [-0.4, -0.2) is 37.9 Å². The number of amides is 1. The van der Waals surface area contributed by atoms with Crippen LogP contribution in [0.1, 0.15) is 49.9 Å². The van der Waals surface area contributed by atoms with Crippen LogP contribution in [0.25, 0.3) is 0 Å². The molecule has 0 bridgehead atoms. The van der Waals surface area contributed by atoms with Gasteiger partial charge in [0, 0.05) is 18.7 Å². The fourth-order valence-corrected chi connectivity index (χ4v) is 3.94. The zero-order valence-corrected chi connectivity index (χ0v) is 15.1. The molecule has 1 fully saturated rings. The summed E-state index contributed by atoms with van der Waals surface area (Å²) in [5.41, 5.74) is -0.346. The number of sulfonamides is 1. The summed E-state index contributed by atoms with van der Waals surface area (Å²) in [5, 5.41) is 9.33. The maximum atomic E-state index is 12.5. The molecule has 1 atom stereocenters. The summed E-state index contributed by atoms with van der Waals surface area (Å²) in [5.74, 6) is -0.268. The first-order valence-electron chi connectivity index (χ1n) is 8.07. The van der Waals surface area contributed by atoms with Crippen molar-refractivity contribution in [3.63, 3.8) is 0 Å². The highest BCUT2D eigenvalue weighted by Crippen LogP contribution is 2.37. The predicted molar refractivity (Wildman–Crippen MR) is 90.8 cm³/mol. The third kappa shape index (κ3) is 3.45. The van der Waals surface area contributed by atoms with Gasteiger partial charge in [-0.25, -0.2) is 13.1 Å². The number of carbonyl (C=O) groups excluding carboxylic acids is 1. The van der Waals surface area contributed by atoms with E-state index in [0.29, 0.717) is 24.8 Å². The standard InChI is InChI=1S/C17H23N3O3S/c1-4-13(2)19-24(22,23)15-8-6-14(7-9-15)16(21)20(3)17(12-18)10-5-11-17/h6-9,13,19H,4-5,10-11H2,1-3H3/t13-/m0/s1. The molecule has 0 aromatic heterocycles. The summed E-state index contributed by atoms with van der Waals surface area (Å²) in [6, 6.07) is 7.90. The maximum Gasteiger partial charge on any atom is 0.254 e. The van der Waals surface area contributed by atoms with Gasteiger partial charge in [0.25, 0.3) is 5.91 Å². The van der Waals surface area contributed by atoms with Crippen molar-refractivity contribution in [2.24, 2.45) is 0 Å². The lowest BCUT2D eigenvalue weighted by molar-refractivity contribution is 0.0497. The van der Waals surface area contributed by atoms with Crippen LogP contribution in [0, 0.1) is 11.3 Å². The number of benzene rings is 1. The molecule has 1 saturated carbocycles. The summed E-state index contributed by atoms with van der Waals surface area (Å²) in [6.45, 7) is 3.70. The van der Waals surface area contributed by atoms with Crippen LogP contribution in [0.4, 0.5) is 0 Å². The molecule has 6 nitrogen and oxygen atoms in total. The molecule has 24 heavy (non-hydrogen) atoms. The molecule has 0 aliphatic heterocycles. The Labute approximate surface area is 143 Å². The van der Waals surface area contributed by atoms with Crippen LogP contribution in [0.15, 0.2) is 29.2 Å². The SMILES string of the molecule is CC[C@H](C)NS(=O)(=O)c1ccc(C(=O)N(C)C2(C#N)CCC2)cc1. The van der Waals surface area contributed by atoms with Gasteiger partial charge in [-0.05, 0) is 56.9 Å². The molecule has 0 heterocycles. The summed E-state index contributed by atoms with van der Waals surface area (Å²) in [4.78, 5) is 14.1. The number of hydrogen-bond acceptors (Lipinski definition) is 4. The lowest BCUT2D eigenvalue weighted by Gasteiger charge is -2.42. The normalized spacial score (nSPS) is 17.4. The summed E-state index contributed by atoms with van der Waals surface area (Å²) in [7, 11) is -1.96.